The normalized spacial score (nSPS) is 12.3. The van der Waals surface area contributed by atoms with Gasteiger partial charge in [-0.05, 0) is 25.1 Å². The number of nitro groups is 1. The molecular formula is C20H24N4O5S. The number of nitro benzene ring substituents is 1. The van der Waals surface area contributed by atoms with Gasteiger partial charge in [0.2, 0.25) is 0 Å². The number of hydrogen-bond acceptors (Lipinski definition) is 6. The first-order chi connectivity index (χ1) is 13.9. The molecule has 30 heavy (non-hydrogen) atoms. The van der Waals surface area contributed by atoms with Gasteiger partial charge in [0.15, 0.2) is 4.90 Å². The van der Waals surface area contributed by atoms with Crippen LogP contribution < -0.4 is 9.73 Å². The van der Waals surface area contributed by atoms with Crippen molar-refractivity contribution in [2.45, 2.75) is 32.6 Å². The van der Waals surface area contributed by atoms with Gasteiger partial charge in [-0.2, -0.15) is 5.10 Å². The number of nitrogens with zero attached hydrogens (tertiary/aromatic N) is 3. The second-order valence-corrected chi connectivity index (χ2v) is 9.38. The van der Waals surface area contributed by atoms with Crippen molar-refractivity contribution < 1.29 is 18.1 Å². The first-order valence-electron chi connectivity index (χ1n) is 9.09. The number of anilines is 1. The quantitative estimate of drug-likeness (QED) is 0.408. The Morgan fingerprint density at radius 3 is 2.23 bits per heavy atom. The lowest BCUT2D eigenvalue weighted by Gasteiger charge is -2.24. The molecule has 0 heterocycles. The Labute approximate surface area is 175 Å². The third kappa shape index (κ3) is 5.41. The van der Waals surface area contributed by atoms with Crippen molar-refractivity contribution in [2.75, 3.05) is 10.8 Å². The monoisotopic (exact) mass is 432 g/mol. The molecule has 0 aromatic heterocycles. The van der Waals surface area contributed by atoms with Gasteiger partial charge in [-0.3, -0.25) is 19.2 Å². The number of hydrazone groups is 1. The van der Waals surface area contributed by atoms with Gasteiger partial charge in [0.05, 0.1) is 10.6 Å². The van der Waals surface area contributed by atoms with E-state index in [-0.39, 0.29) is 11.1 Å². The highest BCUT2D eigenvalue weighted by molar-refractivity contribution is 7.93. The van der Waals surface area contributed by atoms with Gasteiger partial charge in [-0.15, -0.1) is 0 Å². The van der Waals surface area contributed by atoms with E-state index in [9.17, 15) is 23.3 Å². The van der Waals surface area contributed by atoms with Gasteiger partial charge in [0, 0.05) is 17.2 Å². The molecule has 0 atom stereocenters. The van der Waals surface area contributed by atoms with E-state index in [1.807, 2.05) is 20.8 Å². The zero-order chi connectivity index (χ0) is 22.5. The Balaban J connectivity index is 2.45. The number of hydrogen-bond donors (Lipinski definition) is 1. The van der Waals surface area contributed by atoms with Crippen LogP contribution in [-0.4, -0.2) is 31.5 Å². The van der Waals surface area contributed by atoms with Gasteiger partial charge in [-0.25, -0.2) is 13.8 Å². The Morgan fingerprint density at radius 2 is 1.67 bits per heavy atom. The number of sulfonamides is 1. The minimum atomic E-state index is -4.41. The van der Waals surface area contributed by atoms with Crippen LogP contribution in [-0.2, 0) is 14.8 Å². The molecule has 1 N–H and O–H groups in total. The number of carbonyl (C=O) groups is 1. The third-order valence-corrected chi connectivity index (χ3v) is 6.22. The summed E-state index contributed by atoms with van der Waals surface area (Å²) in [5.74, 6) is -0.676. The van der Waals surface area contributed by atoms with Crippen molar-refractivity contribution in [2.24, 2.45) is 10.5 Å². The molecule has 2 rings (SSSR count). The average molecular weight is 433 g/mol. The topological polar surface area (TPSA) is 122 Å². The summed E-state index contributed by atoms with van der Waals surface area (Å²) in [5, 5.41) is 15.4. The van der Waals surface area contributed by atoms with E-state index in [2.05, 4.69) is 10.5 Å². The maximum absolute atomic E-state index is 13.3. The van der Waals surface area contributed by atoms with Gasteiger partial charge >= 0.3 is 0 Å². The molecule has 160 valence electrons. The molecule has 0 saturated carbocycles. The van der Waals surface area contributed by atoms with Crippen LogP contribution in [0.3, 0.4) is 0 Å². The Hall–Kier alpha value is -3.27. The molecule has 0 saturated heterocycles. The maximum atomic E-state index is 13.3. The number of amides is 1. The van der Waals surface area contributed by atoms with Crippen LogP contribution in [0.5, 0.6) is 0 Å². The van der Waals surface area contributed by atoms with Crippen LogP contribution in [0, 0.1) is 15.5 Å². The summed E-state index contributed by atoms with van der Waals surface area (Å²) in [6.45, 7) is 6.92. The predicted octanol–water partition coefficient (Wildman–Crippen LogP) is 3.33. The molecular weight excluding hydrogens is 408 g/mol. The zero-order valence-corrected chi connectivity index (χ0v) is 18.0. The average Bonchev–Trinajstić information content (AvgIpc) is 2.69. The van der Waals surface area contributed by atoms with Gasteiger partial charge < -0.3 is 0 Å². The van der Waals surface area contributed by atoms with Crippen LogP contribution in [0.15, 0.2) is 64.6 Å². The van der Waals surface area contributed by atoms with Crippen molar-refractivity contribution in [3.05, 3.63) is 64.7 Å². The van der Waals surface area contributed by atoms with Crippen molar-refractivity contribution in [3.8, 4) is 0 Å². The fourth-order valence-corrected chi connectivity index (χ4v) is 3.92. The molecule has 2 aromatic carbocycles. The van der Waals surface area contributed by atoms with Crippen LogP contribution in [0.1, 0.15) is 27.7 Å². The molecule has 0 spiro atoms. The van der Waals surface area contributed by atoms with E-state index < -0.39 is 38.0 Å². The highest BCUT2D eigenvalue weighted by Gasteiger charge is 2.33. The molecule has 0 aliphatic rings. The number of benzene rings is 2. The van der Waals surface area contributed by atoms with Gasteiger partial charge in [0.25, 0.3) is 21.6 Å². The second-order valence-electron chi connectivity index (χ2n) is 7.55. The predicted molar refractivity (Wildman–Crippen MR) is 115 cm³/mol. The lowest BCUT2D eigenvalue weighted by Crippen LogP contribution is -2.40. The summed E-state index contributed by atoms with van der Waals surface area (Å²) in [6, 6.07) is 12.9. The first kappa shape index (κ1) is 23.0. The van der Waals surface area contributed by atoms with E-state index in [1.54, 1.807) is 25.1 Å². The van der Waals surface area contributed by atoms with Crippen LogP contribution in [0.4, 0.5) is 11.4 Å². The molecule has 0 aliphatic heterocycles. The molecule has 2 aromatic rings. The van der Waals surface area contributed by atoms with Crippen LogP contribution >= 0.6 is 0 Å². The molecule has 0 fully saturated rings. The second kappa shape index (κ2) is 9.04. The summed E-state index contributed by atoms with van der Waals surface area (Å²) in [5.41, 5.74) is 2.37. The highest BCUT2D eigenvalue weighted by atomic mass is 32.2. The molecule has 10 heteroatoms. The van der Waals surface area contributed by atoms with E-state index >= 15 is 0 Å². The number of carbonyl (C=O) groups excluding carboxylic acids is 1. The largest absolute Gasteiger partial charge is 0.289 e. The van der Waals surface area contributed by atoms with Gasteiger partial charge in [0.1, 0.15) is 6.54 Å². The van der Waals surface area contributed by atoms with Crippen LogP contribution in [0.25, 0.3) is 0 Å². The summed E-state index contributed by atoms with van der Waals surface area (Å²) < 4.78 is 27.4. The minimum absolute atomic E-state index is 0.197. The lowest BCUT2D eigenvalue weighted by molar-refractivity contribution is -0.387. The third-order valence-electron chi connectivity index (χ3n) is 4.40. The molecule has 0 bridgehead atoms. The van der Waals surface area contributed by atoms with E-state index in [0.29, 0.717) is 5.71 Å². The summed E-state index contributed by atoms with van der Waals surface area (Å²) in [6.07, 6.45) is 0. The molecule has 1 amide bonds. The molecule has 0 unspecified atom stereocenters. The maximum Gasteiger partial charge on any atom is 0.289 e. The first-order valence-corrected chi connectivity index (χ1v) is 10.5. The van der Waals surface area contributed by atoms with E-state index in [0.717, 1.165) is 16.4 Å². The summed E-state index contributed by atoms with van der Waals surface area (Å²) in [7, 11) is -4.41. The number of nitrogens with one attached hydrogen (secondary N) is 1. The Bertz CT molecular complexity index is 1060. The van der Waals surface area contributed by atoms with E-state index in [4.69, 9.17) is 0 Å². The van der Waals surface area contributed by atoms with Crippen molar-refractivity contribution in [1.29, 1.82) is 0 Å². The number of rotatable bonds is 7. The molecule has 0 radical (unpaired) electrons. The molecule has 9 nitrogen and oxygen atoms in total. The minimum Gasteiger partial charge on any atom is -0.271 e. The standard InChI is InChI=1S/C20H24N4O5S/c1-15(20(2,3)4)21-22-19(25)14-23(16-10-6-5-7-11-16)30(28,29)18-13-9-8-12-17(18)24(26)27/h5-13H,14H2,1-4H3,(H,22,25). The highest BCUT2D eigenvalue weighted by Crippen LogP contribution is 2.29. The number of para-hydroxylation sites is 2. The lowest BCUT2D eigenvalue weighted by atomic mass is 9.91. The van der Waals surface area contributed by atoms with Crippen molar-refractivity contribution in [1.82, 2.24) is 5.43 Å². The Morgan fingerprint density at radius 1 is 1.10 bits per heavy atom. The smallest absolute Gasteiger partial charge is 0.271 e. The van der Waals surface area contributed by atoms with E-state index in [1.165, 1.54) is 24.3 Å². The Kier molecular flexibility index (Phi) is 6.93. The summed E-state index contributed by atoms with van der Waals surface area (Å²) >= 11 is 0. The van der Waals surface area contributed by atoms with Gasteiger partial charge in [-0.1, -0.05) is 51.1 Å². The van der Waals surface area contributed by atoms with Crippen molar-refractivity contribution in [3.63, 3.8) is 0 Å². The fourth-order valence-electron chi connectivity index (χ4n) is 2.33. The summed E-state index contributed by atoms with van der Waals surface area (Å²) in [4.78, 5) is 22.6. The fraction of sp³-hybridized carbons (Fsp3) is 0.300. The molecule has 0 aliphatic carbocycles. The van der Waals surface area contributed by atoms with Crippen LogP contribution in [0.2, 0.25) is 0 Å². The van der Waals surface area contributed by atoms with Crippen molar-refractivity contribution >= 4 is 33.0 Å². The zero-order valence-electron chi connectivity index (χ0n) is 17.2. The SMILES string of the molecule is CC(=NNC(=O)CN(c1ccccc1)S(=O)(=O)c1ccccc1[N+](=O)[O-])C(C)(C)C.